The molecule has 0 saturated heterocycles. The third kappa shape index (κ3) is 3.91. The van der Waals surface area contributed by atoms with Crippen molar-refractivity contribution in [1.82, 2.24) is 4.90 Å². The molecule has 1 aromatic carbocycles. The van der Waals surface area contributed by atoms with Gasteiger partial charge >= 0.3 is 0 Å². The Morgan fingerprint density at radius 2 is 2.07 bits per heavy atom. The first-order valence-corrected chi connectivity index (χ1v) is 5.52. The van der Waals surface area contributed by atoms with Crippen molar-refractivity contribution >= 4 is 11.6 Å². The first-order chi connectivity index (χ1) is 7.27. The fraction of sp³-hybridized carbons (Fsp3) is 0.417. The number of benzene rings is 1. The highest BCUT2D eigenvalue weighted by atomic mass is 35.5. The van der Waals surface area contributed by atoms with Gasteiger partial charge in [-0.25, -0.2) is 0 Å². The number of alkyl halides is 1. The molecule has 0 N–H and O–H groups in total. The van der Waals surface area contributed by atoms with Crippen molar-refractivity contribution in [3.8, 4) is 6.07 Å². The molecule has 1 rings (SSSR count). The van der Waals surface area contributed by atoms with Crippen molar-refractivity contribution in [2.75, 3.05) is 12.4 Å². The lowest BCUT2D eigenvalue weighted by Crippen LogP contribution is -2.34. The molecular formula is C12H15ClN2. The van der Waals surface area contributed by atoms with Crippen molar-refractivity contribution in [3.63, 3.8) is 0 Å². The van der Waals surface area contributed by atoms with E-state index in [1.807, 2.05) is 25.1 Å². The highest BCUT2D eigenvalue weighted by Crippen LogP contribution is 2.08. The zero-order valence-electron chi connectivity index (χ0n) is 8.86. The van der Waals surface area contributed by atoms with Crippen LogP contribution in [-0.4, -0.2) is 23.4 Å². The first-order valence-electron chi connectivity index (χ1n) is 4.98. The van der Waals surface area contributed by atoms with Crippen LogP contribution in [0.1, 0.15) is 12.5 Å². The number of nitrogens with zero attached hydrogens (tertiary/aromatic N) is 2. The molecule has 2 nitrogen and oxygen atoms in total. The second-order valence-corrected chi connectivity index (χ2v) is 3.86. The Kier molecular flexibility index (Phi) is 5.17. The molecule has 80 valence electrons. The predicted octanol–water partition coefficient (Wildman–Crippen LogP) is 2.64. The molecule has 0 aliphatic rings. The summed E-state index contributed by atoms with van der Waals surface area (Å²) in [6.07, 6.45) is 0. The van der Waals surface area contributed by atoms with Crippen LogP contribution in [0.25, 0.3) is 0 Å². The lowest BCUT2D eigenvalue weighted by Gasteiger charge is -2.24. The third-order valence-electron chi connectivity index (χ3n) is 2.35. The van der Waals surface area contributed by atoms with E-state index in [2.05, 4.69) is 23.1 Å². The smallest absolute Gasteiger partial charge is 0.0871 e. The molecule has 0 fully saturated rings. The molecule has 0 bridgehead atoms. The molecule has 0 heterocycles. The van der Waals surface area contributed by atoms with E-state index in [1.54, 1.807) is 0 Å². The quantitative estimate of drug-likeness (QED) is 0.566. The molecular weight excluding hydrogens is 208 g/mol. The molecule has 1 atom stereocenters. The average molecular weight is 223 g/mol. The Balaban J connectivity index is 2.63. The lowest BCUT2D eigenvalue weighted by molar-refractivity contribution is 0.243. The van der Waals surface area contributed by atoms with Crippen LogP contribution in [0.15, 0.2) is 30.3 Å². The Bertz CT molecular complexity index is 318. The number of halogens is 1. The molecule has 0 saturated carbocycles. The standard InChI is InChI=1S/C12H15ClN2/c1-11(9-13)15(8-7-14)10-12-5-3-2-4-6-12/h2-6,11H,8-10H2,1H3. The van der Waals surface area contributed by atoms with Gasteiger partial charge in [0.1, 0.15) is 0 Å². The molecule has 0 aliphatic heterocycles. The largest absolute Gasteiger partial charge is 0.282 e. The van der Waals surface area contributed by atoms with Gasteiger partial charge in [0.25, 0.3) is 0 Å². The maximum Gasteiger partial charge on any atom is 0.0871 e. The van der Waals surface area contributed by atoms with E-state index in [4.69, 9.17) is 16.9 Å². The molecule has 0 radical (unpaired) electrons. The van der Waals surface area contributed by atoms with Gasteiger partial charge in [-0.3, -0.25) is 4.90 Å². The van der Waals surface area contributed by atoms with Crippen LogP contribution in [0.4, 0.5) is 0 Å². The summed E-state index contributed by atoms with van der Waals surface area (Å²) in [5, 5.41) is 8.72. The summed E-state index contributed by atoms with van der Waals surface area (Å²) < 4.78 is 0. The van der Waals surface area contributed by atoms with Crippen molar-refractivity contribution in [3.05, 3.63) is 35.9 Å². The SMILES string of the molecule is CC(CCl)N(CC#N)Cc1ccccc1. The maximum absolute atomic E-state index is 8.72. The second kappa shape index (κ2) is 6.44. The number of hydrogen-bond acceptors (Lipinski definition) is 2. The third-order valence-corrected chi connectivity index (χ3v) is 2.80. The fourth-order valence-corrected chi connectivity index (χ4v) is 1.57. The minimum atomic E-state index is 0.228. The van der Waals surface area contributed by atoms with Crippen molar-refractivity contribution in [2.24, 2.45) is 0 Å². The van der Waals surface area contributed by atoms with Crippen LogP contribution in [0.2, 0.25) is 0 Å². The summed E-state index contributed by atoms with van der Waals surface area (Å²) in [5.74, 6) is 0.550. The molecule has 0 amide bonds. The molecule has 0 aromatic heterocycles. The van der Waals surface area contributed by atoms with Crippen molar-refractivity contribution in [1.29, 1.82) is 5.26 Å². The zero-order chi connectivity index (χ0) is 11.1. The topological polar surface area (TPSA) is 27.0 Å². The van der Waals surface area contributed by atoms with E-state index in [-0.39, 0.29) is 6.04 Å². The van der Waals surface area contributed by atoms with Gasteiger partial charge in [0.2, 0.25) is 0 Å². The molecule has 0 aliphatic carbocycles. The van der Waals surface area contributed by atoms with E-state index in [1.165, 1.54) is 5.56 Å². The van der Waals surface area contributed by atoms with Gasteiger partial charge in [-0.1, -0.05) is 30.3 Å². The van der Waals surface area contributed by atoms with Crippen LogP contribution >= 0.6 is 11.6 Å². The molecule has 0 spiro atoms. The summed E-state index contributed by atoms with van der Waals surface area (Å²) in [4.78, 5) is 2.07. The van der Waals surface area contributed by atoms with Crippen LogP contribution in [0, 0.1) is 11.3 Å². The summed E-state index contributed by atoms with van der Waals surface area (Å²) in [5.41, 5.74) is 1.21. The fourth-order valence-electron chi connectivity index (χ4n) is 1.37. The summed E-state index contributed by atoms with van der Waals surface area (Å²) in [6, 6.07) is 12.5. The minimum Gasteiger partial charge on any atom is -0.282 e. The number of hydrogen-bond donors (Lipinski definition) is 0. The molecule has 3 heteroatoms. The van der Waals surface area contributed by atoms with Crippen molar-refractivity contribution < 1.29 is 0 Å². The van der Waals surface area contributed by atoms with E-state index in [0.29, 0.717) is 12.4 Å². The van der Waals surface area contributed by atoms with Gasteiger partial charge in [0, 0.05) is 18.5 Å². The van der Waals surface area contributed by atoms with Crippen LogP contribution in [0.3, 0.4) is 0 Å². The predicted molar refractivity (Wildman–Crippen MR) is 62.6 cm³/mol. The van der Waals surface area contributed by atoms with Gasteiger partial charge in [0.05, 0.1) is 12.6 Å². The highest BCUT2D eigenvalue weighted by molar-refractivity contribution is 6.18. The van der Waals surface area contributed by atoms with Gasteiger partial charge < -0.3 is 0 Å². The summed E-state index contributed by atoms with van der Waals surface area (Å²) >= 11 is 5.80. The Morgan fingerprint density at radius 3 is 2.60 bits per heavy atom. The van der Waals surface area contributed by atoms with E-state index in [0.717, 1.165) is 6.54 Å². The summed E-state index contributed by atoms with van der Waals surface area (Å²) in [6.45, 7) is 3.23. The van der Waals surface area contributed by atoms with Gasteiger partial charge in [-0.05, 0) is 12.5 Å². The van der Waals surface area contributed by atoms with Gasteiger partial charge in [0.15, 0.2) is 0 Å². The van der Waals surface area contributed by atoms with Crippen LogP contribution in [-0.2, 0) is 6.54 Å². The number of nitriles is 1. The second-order valence-electron chi connectivity index (χ2n) is 3.55. The Labute approximate surface area is 96.1 Å². The van der Waals surface area contributed by atoms with Crippen molar-refractivity contribution in [2.45, 2.75) is 19.5 Å². The lowest BCUT2D eigenvalue weighted by atomic mass is 10.2. The van der Waals surface area contributed by atoms with Crippen LogP contribution in [0.5, 0.6) is 0 Å². The van der Waals surface area contributed by atoms with E-state index < -0.39 is 0 Å². The Morgan fingerprint density at radius 1 is 1.40 bits per heavy atom. The van der Waals surface area contributed by atoms with Crippen LogP contribution < -0.4 is 0 Å². The minimum absolute atomic E-state index is 0.228. The number of rotatable bonds is 5. The first kappa shape index (κ1) is 12.0. The van der Waals surface area contributed by atoms with Gasteiger partial charge in [-0.15, -0.1) is 11.6 Å². The maximum atomic E-state index is 8.72. The monoisotopic (exact) mass is 222 g/mol. The molecule has 1 unspecified atom stereocenters. The highest BCUT2D eigenvalue weighted by Gasteiger charge is 2.12. The molecule has 1 aromatic rings. The zero-order valence-corrected chi connectivity index (χ0v) is 9.61. The van der Waals surface area contributed by atoms with E-state index >= 15 is 0 Å². The van der Waals surface area contributed by atoms with Gasteiger partial charge in [-0.2, -0.15) is 5.26 Å². The normalized spacial score (nSPS) is 12.4. The summed E-state index contributed by atoms with van der Waals surface area (Å²) in [7, 11) is 0. The molecule has 15 heavy (non-hydrogen) atoms. The van der Waals surface area contributed by atoms with E-state index in [9.17, 15) is 0 Å². The Hall–Kier alpha value is -1.04. The average Bonchev–Trinajstić information content (AvgIpc) is 2.29.